The second-order valence-electron chi connectivity index (χ2n) is 5.63. The Morgan fingerprint density at radius 2 is 1.83 bits per heavy atom. The van der Waals surface area contributed by atoms with Crippen LogP contribution in [0.2, 0.25) is 5.02 Å². The second-order valence-corrected chi connectivity index (χ2v) is 6.04. The first kappa shape index (κ1) is 21.4. The number of nitrogens with zero attached hydrogens (tertiary/aromatic N) is 5. The van der Waals surface area contributed by atoms with Gasteiger partial charge in [0.15, 0.2) is 11.5 Å². The van der Waals surface area contributed by atoms with Crippen LogP contribution in [0.3, 0.4) is 0 Å². The maximum Gasteiger partial charge on any atom is 0.512 e. The van der Waals surface area contributed by atoms with Gasteiger partial charge in [-0.1, -0.05) is 11.6 Å². The summed E-state index contributed by atoms with van der Waals surface area (Å²) in [5, 5.41) is 15.7. The summed E-state index contributed by atoms with van der Waals surface area (Å²) in [6.07, 6.45) is -10.7. The predicted molar refractivity (Wildman–Crippen MR) is 86.4 cm³/mol. The van der Waals surface area contributed by atoms with E-state index in [1.54, 1.807) is 0 Å². The molecule has 160 valence electrons. The number of carbonyl (C=O) groups is 1. The van der Waals surface area contributed by atoms with Crippen molar-refractivity contribution in [1.29, 1.82) is 0 Å². The molecule has 3 rings (SSSR count). The first-order chi connectivity index (χ1) is 13.9. The van der Waals surface area contributed by atoms with Gasteiger partial charge in [-0.25, -0.2) is 9.78 Å². The van der Waals surface area contributed by atoms with Crippen molar-refractivity contribution in [3.63, 3.8) is 0 Å². The Hall–Kier alpha value is -3.29. The largest absolute Gasteiger partial charge is 0.512 e. The summed E-state index contributed by atoms with van der Waals surface area (Å²) < 4.78 is 83.2. The second kappa shape index (κ2) is 7.51. The number of carboxylic acid groups (broad SMARTS) is 1. The number of hydrogen-bond acceptors (Lipinski definition) is 5. The van der Waals surface area contributed by atoms with Crippen LogP contribution in [-0.4, -0.2) is 35.8 Å². The molecule has 0 aliphatic rings. The van der Waals surface area contributed by atoms with Gasteiger partial charge >= 0.3 is 18.5 Å². The van der Waals surface area contributed by atoms with Crippen LogP contribution in [0.15, 0.2) is 30.5 Å². The fourth-order valence-electron chi connectivity index (χ4n) is 2.39. The number of aromatic nitrogens is 5. The quantitative estimate of drug-likeness (QED) is 0.466. The highest BCUT2D eigenvalue weighted by Crippen LogP contribution is 2.35. The van der Waals surface area contributed by atoms with Crippen LogP contribution in [0.1, 0.15) is 17.1 Å². The number of halogens is 7. The van der Waals surface area contributed by atoms with Crippen molar-refractivity contribution in [3.8, 4) is 11.7 Å². The first-order valence-electron chi connectivity index (χ1n) is 7.69. The fraction of sp³-hybridized carbons (Fsp3) is 0.200. The molecule has 0 fully saturated rings. The molecule has 0 aromatic carbocycles. The molecule has 3 aromatic rings. The van der Waals surface area contributed by atoms with Gasteiger partial charge < -0.3 is 9.84 Å². The lowest BCUT2D eigenvalue weighted by Gasteiger charge is -2.08. The molecule has 0 atom stereocenters. The van der Waals surface area contributed by atoms with Crippen molar-refractivity contribution in [2.45, 2.75) is 18.9 Å². The zero-order valence-corrected chi connectivity index (χ0v) is 15.0. The highest BCUT2D eigenvalue weighted by Gasteiger charge is 2.42. The zero-order valence-electron chi connectivity index (χ0n) is 14.2. The van der Waals surface area contributed by atoms with Crippen LogP contribution < -0.4 is 4.74 Å². The van der Waals surface area contributed by atoms with E-state index in [-0.39, 0.29) is 27.3 Å². The van der Waals surface area contributed by atoms with Crippen LogP contribution in [0.4, 0.5) is 31.1 Å². The van der Waals surface area contributed by atoms with E-state index in [9.17, 15) is 31.1 Å². The van der Waals surface area contributed by atoms with Gasteiger partial charge in [-0.2, -0.15) is 41.2 Å². The molecule has 0 bridgehead atoms. The van der Waals surface area contributed by atoms with Crippen molar-refractivity contribution >= 4 is 17.8 Å². The van der Waals surface area contributed by atoms with E-state index in [1.165, 1.54) is 18.3 Å². The molecule has 0 saturated heterocycles. The minimum atomic E-state index is -5.14. The van der Waals surface area contributed by atoms with Gasteiger partial charge in [-0.15, -0.1) is 0 Å². The van der Waals surface area contributed by atoms with E-state index >= 15 is 0 Å². The van der Waals surface area contributed by atoms with Gasteiger partial charge in [0.1, 0.15) is 5.69 Å². The van der Waals surface area contributed by atoms with E-state index < -0.39 is 42.3 Å². The first-order valence-corrected chi connectivity index (χ1v) is 8.07. The predicted octanol–water partition coefficient (Wildman–Crippen LogP) is 4.26. The summed E-state index contributed by atoms with van der Waals surface area (Å²) in [5.74, 6) is -0.607. The number of alkyl halides is 6. The maximum atomic E-state index is 13.1. The minimum absolute atomic E-state index is 0.00295. The molecule has 1 N–H and O–H groups in total. The monoisotopic (exact) mass is 455 g/mol. The third-order valence-electron chi connectivity index (χ3n) is 3.53. The molecule has 3 aromatic heterocycles. The van der Waals surface area contributed by atoms with Crippen molar-refractivity contribution in [3.05, 3.63) is 52.6 Å². The molecule has 3 heterocycles. The molecule has 30 heavy (non-hydrogen) atoms. The number of pyridine rings is 1. The molecule has 0 aliphatic heterocycles. The van der Waals surface area contributed by atoms with Gasteiger partial charge in [0.25, 0.3) is 0 Å². The van der Waals surface area contributed by atoms with Gasteiger partial charge in [0.05, 0.1) is 17.3 Å². The van der Waals surface area contributed by atoms with Gasteiger partial charge in [-0.05, 0) is 12.1 Å². The Morgan fingerprint density at radius 1 is 1.13 bits per heavy atom. The van der Waals surface area contributed by atoms with Gasteiger partial charge in [-0.3, -0.25) is 4.68 Å². The van der Waals surface area contributed by atoms with Crippen LogP contribution in [0, 0.1) is 0 Å². The molecule has 15 heteroatoms. The third-order valence-corrected chi connectivity index (χ3v) is 3.83. The van der Waals surface area contributed by atoms with Crippen molar-refractivity contribution < 1.29 is 41.0 Å². The van der Waals surface area contributed by atoms with Crippen LogP contribution >= 0.6 is 11.6 Å². The Morgan fingerprint density at radius 3 is 2.40 bits per heavy atom. The highest BCUT2D eigenvalue weighted by atomic mass is 35.5. The smallest absolute Gasteiger partial charge is 0.449 e. The van der Waals surface area contributed by atoms with Crippen LogP contribution in [0.5, 0.6) is 5.88 Å². The minimum Gasteiger partial charge on any atom is -0.449 e. The molecular weight excluding hydrogens is 448 g/mol. The van der Waals surface area contributed by atoms with E-state index in [0.29, 0.717) is 0 Å². The van der Waals surface area contributed by atoms with E-state index in [0.717, 1.165) is 10.7 Å². The lowest BCUT2D eigenvalue weighted by atomic mass is 10.3. The molecule has 0 aliphatic carbocycles. The molecule has 0 spiro atoms. The summed E-state index contributed by atoms with van der Waals surface area (Å²) >= 11 is 5.96. The van der Waals surface area contributed by atoms with Crippen LogP contribution in [-0.2, 0) is 18.9 Å². The van der Waals surface area contributed by atoms with Crippen LogP contribution in [0.25, 0.3) is 5.82 Å². The summed E-state index contributed by atoms with van der Waals surface area (Å²) in [6.45, 7) is -0.877. The molecular formula is C15H8ClF6N5O3. The number of ether oxygens (including phenoxy) is 1. The van der Waals surface area contributed by atoms with E-state index in [1.807, 2.05) is 0 Å². The molecule has 8 nitrogen and oxygen atoms in total. The Kier molecular flexibility index (Phi) is 5.36. The SMILES string of the molecule is O=C(O)Oc1cc(Cn2nc(C(F)(F)F)cc2C(F)(F)F)nn1-c1ncccc1Cl. The summed E-state index contributed by atoms with van der Waals surface area (Å²) in [7, 11) is 0. The van der Waals surface area contributed by atoms with Crippen molar-refractivity contribution in [1.82, 2.24) is 24.5 Å². The lowest BCUT2D eigenvalue weighted by Crippen LogP contribution is -2.16. The van der Waals surface area contributed by atoms with Gasteiger partial charge in [0, 0.05) is 18.3 Å². The van der Waals surface area contributed by atoms with Crippen molar-refractivity contribution in [2.75, 3.05) is 0 Å². The van der Waals surface area contributed by atoms with E-state index in [2.05, 4.69) is 19.9 Å². The number of hydrogen-bond donors (Lipinski definition) is 1. The molecule has 0 amide bonds. The Labute approximate surface area is 167 Å². The molecule has 0 unspecified atom stereocenters. The van der Waals surface area contributed by atoms with E-state index in [4.69, 9.17) is 16.7 Å². The fourth-order valence-corrected chi connectivity index (χ4v) is 2.59. The summed E-state index contributed by atoms with van der Waals surface area (Å²) in [4.78, 5) is 14.8. The average Bonchev–Trinajstić information content (AvgIpc) is 3.19. The average molecular weight is 456 g/mol. The summed E-state index contributed by atoms with van der Waals surface area (Å²) in [6, 6.07) is 3.60. The molecule has 0 radical (unpaired) electrons. The topological polar surface area (TPSA) is 95.1 Å². The van der Waals surface area contributed by atoms with Crippen molar-refractivity contribution in [2.24, 2.45) is 0 Å². The Bertz CT molecular complexity index is 1090. The zero-order chi connectivity index (χ0) is 22.3. The normalized spacial score (nSPS) is 12.2. The standard InChI is InChI=1S/C15H8ClF6N5O3/c16-8-2-1-3-23-12(8)27-11(30-13(28)29)4-7(24-27)6-26-10(15(20,21)22)5-9(25-26)14(17,18)19/h1-5H,6H2,(H,28,29). The van der Waals surface area contributed by atoms with Gasteiger partial charge in [0.2, 0.25) is 5.88 Å². The Balaban J connectivity index is 2.07. The highest BCUT2D eigenvalue weighted by molar-refractivity contribution is 6.32. The maximum absolute atomic E-state index is 13.1. The molecule has 0 saturated carbocycles. The third kappa shape index (κ3) is 4.48. The lowest BCUT2D eigenvalue weighted by molar-refractivity contribution is -0.144. The summed E-state index contributed by atoms with van der Waals surface area (Å²) in [5.41, 5.74) is -3.71. The number of rotatable bonds is 4.